The fourth-order valence-electron chi connectivity index (χ4n) is 2.38. The van der Waals surface area contributed by atoms with Crippen LogP contribution in [0.15, 0.2) is 22.7 Å². The van der Waals surface area contributed by atoms with Crippen molar-refractivity contribution in [1.82, 2.24) is 0 Å². The van der Waals surface area contributed by atoms with Gasteiger partial charge in [0.05, 0.1) is 24.8 Å². The van der Waals surface area contributed by atoms with E-state index in [0.29, 0.717) is 18.0 Å². The van der Waals surface area contributed by atoms with Crippen LogP contribution in [0.1, 0.15) is 34.1 Å². The third-order valence-corrected chi connectivity index (χ3v) is 3.77. The lowest BCUT2D eigenvalue weighted by Gasteiger charge is -2.37. The molecule has 0 saturated carbocycles. The lowest BCUT2D eigenvalue weighted by Crippen LogP contribution is -2.49. The molecule has 0 fully saturated rings. The van der Waals surface area contributed by atoms with Crippen molar-refractivity contribution < 1.29 is 23.8 Å². The number of anilines is 1. The number of fused-ring (bicyclic) bond motifs is 1. The highest BCUT2D eigenvalue weighted by molar-refractivity contribution is 9.10. The molecule has 6 nitrogen and oxygen atoms in total. The first-order valence-corrected chi connectivity index (χ1v) is 8.60. The number of amides is 1. The summed E-state index contributed by atoms with van der Waals surface area (Å²) in [6.07, 6.45) is -0.466. The smallest absolute Gasteiger partial charge is 0.415 e. The van der Waals surface area contributed by atoms with Crippen LogP contribution in [-0.2, 0) is 14.3 Å². The fourth-order valence-corrected chi connectivity index (χ4v) is 2.72. The number of halogens is 1. The van der Waals surface area contributed by atoms with E-state index in [2.05, 4.69) is 15.9 Å². The lowest BCUT2D eigenvalue weighted by atomic mass is 10.1. The zero-order valence-electron chi connectivity index (χ0n) is 14.3. The molecule has 0 aromatic heterocycles. The van der Waals surface area contributed by atoms with Gasteiger partial charge in [0, 0.05) is 4.47 Å². The van der Waals surface area contributed by atoms with Gasteiger partial charge in [-0.25, -0.2) is 4.79 Å². The number of esters is 1. The molecule has 0 N–H and O–H groups in total. The van der Waals surface area contributed by atoms with Gasteiger partial charge in [0.15, 0.2) is 0 Å². The monoisotopic (exact) mass is 399 g/mol. The number of carbonyl (C=O) groups excluding carboxylic acids is 2. The number of ether oxygens (including phenoxy) is 3. The van der Waals surface area contributed by atoms with Crippen LogP contribution in [0.4, 0.5) is 10.5 Å². The maximum absolute atomic E-state index is 12.7. The van der Waals surface area contributed by atoms with Crippen molar-refractivity contribution >= 4 is 33.7 Å². The van der Waals surface area contributed by atoms with Gasteiger partial charge in [0.1, 0.15) is 18.0 Å². The molecular formula is C17H22BrNO5. The predicted octanol–water partition coefficient (Wildman–Crippen LogP) is 3.90. The molecule has 1 amide bonds. The second-order valence-corrected chi connectivity index (χ2v) is 7.35. The second kappa shape index (κ2) is 7.42. The maximum Gasteiger partial charge on any atom is 0.415 e. The molecule has 1 heterocycles. The Hall–Kier alpha value is -1.76. The predicted molar refractivity (Wildman–Crippen MR) is 93.4 cm³/mol. The van der Waals surface area contributed by atoms with Crippen molar-refractivity contribution in [3.63, 3.8) is 0 Å². The van der Waals surface area contributed by atoms with Gasteiger partial charge < -0.3 is 14.2 Å². The number of benzene rings is 1. The summed E-state index contributed by atoms with van der Waals surface area (Å²) in [6, 6.07) is 4.88. The molecule has 1 unspecified atom stereocenters. The van der Waals surface area contributed by atoms with Gasteiger partial charge in [0.2, 0.25) is 0 Å². The van der Waals surface area contributed by atoms with Gasteiger partial charge in [0.25, 0.3) is 0 Å². The summed E-state index contributed by atoms with van der Waals surface area (Å²) >= 11 is 3.38. The summed E-state index contributed by atoms with van der Waals surface area (Å²) < 4.78 is 17.1. The van der Waals surface area contributed by atoms with Crippen molar-refractivity contribution in [2.45, 2.75) is 45.8 Å². The number of hydrogen-bond donors (Lipinski definition) is 0. The van der Waals surface area contributed by atoms with Gasteiger partial charge in [-0.15, -0.1) is 0 Å². The summed E-state index contributed by atoms with van der Waals surface area (Å²) in [5, 5.41) is 0. The number of rotatable bonds is 3. The molecule has 132 valence electrons. The Morgan fingerprint density at radius 2 is 2.08 bits per heavy atom. The third-order valence-electron chi connectivity index (χ3n) is 3.28. The average Bonchev–Trinajstić information content (AvgIpc) is 2.45. The molecule has 0 radical (unpaired) electrons. The minimum atomic E-state index is -0.639. The first-order valence-electron chi connectivity index (χ1n) is 7.81. The number of nitrogens with zero attached hydrogens (tertiary/aromatic N) is 1. The van der Waals surface area contributed by atoms with Gasteiger partial charge in [-0.3, -0.25) is 9.69 Å². The molecule has 24 heavy (non-hydrogen) atoms. The Kier molecular flexibility index (Phi) is 5.74. The maximum atomic E-state index is 12.7. The van der Waals surface area contributed by atoms with Crippen LogP contribution in [0, 0.1) is 0 Å². The summed E-state index contributed by atoms with van der Waals surface area (Å²) in [5.41, 5.74) is -0.0626. The first-order chi connectivity index (χ1) is 11.2. The SMILES string of the molecule is CCOC(=O)CC1COc2cc(Br)ccc2N1C(=O)OC(C)(C)C. The van der Waals surface area contributed by atoms with E-state index in [9.17, 15) is 9.59 Å². The quantitative estimate of drug-likeness (QED) is 0.720. The largest absolute Gasteiger partial charge is 0.489 e. The van der Waals surface area contributed by atoms with Crippen LogP contribution in [0.25, 0.3) is 0 Å². The van der Waals surface area contributed by atoms with Crippen LogP contribution in [-0.4, -0.2) is 36.9 Å². The first kappa shape index (κ1) is 18.6. The Morgan fingerprint density at radius 3 is 2.71 bits per heavy atom. The third kappa shape index (κ3) is 4.63. The van der Waals surface area contributed by atoms with E-state index in [4.69, 9.17) is 14.2 Å². The Balaban J connectivity index is 2.32. The minimum Gasteiger partial charge on any atom is -0.489 e. The molecule has 0 spiro atoms. The highest BCUT2D eigenvalue weighted by atomic mass is 79.9. The summed E-state index contributed by atoms with van der Waals surface area (Å²) in [7, 11) is 0. The van der Waals surface area contributed by atoms with Crippen LogP contribution < -0.4 is 9.64 Å². The summed E-state index contributed by atoms with van der Waals surface area (Å²) in [6.45, 7) is 7.63. The van der Waals surface area contributed by atoms with Gasteiger partial charge in [-0.1, -0.05) is 15.9 Å². The highest BCUT2D eigenvalue weighted by Gasteiger charge is 2.36. The molecule has 1 aromatic rings. The highest BCUT2D eigenvalue weighted by Crippen LogP contribution is 2.37. The van der Waals surface area contributed by atoms with E-state index in [-0.39, 0.29) is 19.0 Å². The minimum absolute atomic E-state index is 0.0442. The lowest BCUT2D eigenvalue weighted by molar-refractivity contribution is -0.143. The van der Waals surface area contributed by atoms with Gasteiger partial charge in [-0.2, -0.15) is 0 Å². The van der Waals surface area contributed by atoms with Gasteiger partial charge in [-0.05, 0) is 45.9 Å². The topological polar surface area (TPSA) is 65.1 Å². The van der Waals surface area contributed by atoms with E-state index in [1.807, 2.05) is 6.07 Å². The zero-order chi connectivity index (χ0) is 17.9. The molecule has 0 bridgehead atoms. The molecule has 0 aliphatic carbocycles. The molecular weight excluding hydrogens is 378 g/mol. The zero-order valence-corrected chi connectivity index (χ0v) is 15.9. The average molecular weight is 400 g/mol. The van der Waals surface area contributed by atoms with Crippen LogP contribution in [0.5, 0.6) is 5.75 Å². The van der Waals surface area contributed by atoms with E-state index in [1.165, 1.54) is 4.90 Å². The summed E-state index contributed by atoms with van der Waals surface area (Å²) in [4.78, 5) is 26.0. The molecule has 1 aliphatic rings. The summed E-state index contributed by atoms with van der Waals surface area (Å²) in [5.74, 6) is 0.190. The van der Waals surface area contributed by atoms with Crippen molar-refractivity contribution in [1.29, 1.82) is 0 Å². The van der Waals surface area contributed by atoms with E-state index in [0.717, 1.165) is 4.47 Å². The molecule has 7 heteroatoms. The molecule has 0 saturated heterocycles. The Bertz CT molecular complexity index is 626. The van der Waals surface area contributed by atoms with Crippen LogP contribution in [0.3, 0.4) is 0 Å². The second-order valence-electron chi connectivity index (χ2n) is 6.44. The standard InChI is InChI=1S/C17H22BrNO5/c1-5-22-15(20)9-12-10-23-14-8-11(18)6-7-13(14)19(12)16(21)24-17(2,3)4/h6-8,12H,5,9-10H2,1-4H3. The van der Waals surface area contributed by atoms with Crippen molar-refractivity contribution in [3.05, 3.63) is 22.7 Å². The van der Waals surface area contributed by atoms with Crippen molar-refractivity contribution in [2.24, 2.45) is 0 Å². The van der Waals surface area contributed by atoms with E-state index in [1.54, 1.807) is 39.8 Å². The fraction of sp³-hybridized carbons (Fsp3) is 0.529. The van der Waals surface area contributed by atoms with Gasteiger partial charge >= 0.3 is 12.1 Å². The van der Waals surface area contributed by atoms with Crippen LogP contribution in [0.2, 0.25) is 0 Å². The van der Waals surface area contributed by atoms with Crippen molar-refractivity contribution in [3.8, 4) is 5.75 Å². The number of carbonyl (C=O) groups is 2. The molecule has 1 aromatic carbocycles. The van der Waals surface area contributed by atoms with Crippen LogP contribution >= 0.6 is 15.9 Å². The molecule has 1 atom stereocenters. The normalized spacial score (nSPS) is 16.9. The Labute approximate surface area is 150 Å². The molecule has 2 rings (SSSR count). The van der Waals surface area contributed by atoms with E-state index < -0.39 is 17.7 Å². The number of hydrogen-bond acceptors (Lipinski definition) is 5. The van der Waals surface area contributed by atoms with E-state index >= 15 is 0 Å². The Morgan fingerprint density at radius 1 is 1.38 bits per heavy atom. The van der Waals surface area contributed by atoms with Crippen molar-refractivity contribution in [2.75, 3.05) is 18.1 Å². The molecule has 1 aliphatic heterocycles.